The van der Waals surface area contributed by atoms with Crippen molar-refractivity contribution >= 4 is 5.78 Å². The number of fused-ring (bicyclic) bond motifs is 1. The van der Waals surface area contributed by atoms with Crippen LogP contribution in [0, 0.1) is 5.92 Å². The molecule has 0 amide bonds. The molecule has 2 aliphatic heterocycles. The molecule has 1 aromatic carbocycles. The summed E-state index contributed by atoms with van der Waals surface area (Å²) in [6, 6.07) is 5.81. The van der Waals surface area contributed by atoms with E-state index in [1.807, 2.05) is 18.2 Å². The number of hydrogen-bond donors (Lipinski definition) is 1. The van der Waals surface area contributed by atoms with Crippen LogP contribution < -0.4 is 14.8 Å². The maximum atomic E-state index is 12.5. The van der Waals surface area contributed by atoms with Gasteiger partial charge in [0.1, 0.15) is 13.2 Å². The molecular weight excluding hydrogens is 266 g/mol. The van der Waals surface area contributed by atoms with E-state index in [1.54, 1.807) is 0 Å². The van der Waals surface area contributed by atoms with Gasteiger partial charge in [-0.2, -0.15) is 0 Å². The molecule has 4 heteroatoms. The lowest BCUT2D eigenvalue weighted by molar-refractivity contribution is 0.0956. The van der Waals surface area contributed by atoms with Crippen molar-refractivity contribution in [1.29, 1.82) is 0 Å². The minimum atomic E-state index is 0.182. The lowest BCUT2D eigenvalue weighted by atomic mass is 9.87. The molecule has 1 fully saturated rings. The smallest absolute Gasteiger partial charge is 0.164 e. The number of hydrogen-bond acceptors (Lipinski definition) is 4. The van der Waals surface area contributed by atoms with Gasteiger partial charge in [0.15, 0.2) is 17.3 Å². The van der Waals surface area contributed by atoms with E-state index in [2.05, 4.69) is 12.2 Å². The minimum Gasteiger partial charge on any atom is -0.486 e. The quantitative estimate of drug-likeness (QED) is 0.866. The van der Waals surface area contributed by atoms with E-state index >= 15 is 0 Å². The Hall–Kier alpha value is -1.55. The Kier molecular flexibility index (Phi) is 4.44. The van der Waals surface area contributed by atoms with Crippen LogP contribution in [0.5, 0.6) is 11.5 Å². The van der Waals surface area contributed by atoms with Crippen LogP contribution in [0.3, 0.4) is 0 Å². The molecule has 2 heterocycles. The highest BCUT2D eigenvalue weighted by atomic mass is 16.6. The highest BCUT2D eigenvalue weighted by molar-refractivity contribution is 5.97. The average Bonchev–Trinajstić information content (AvgIpc) is 2.54. The van der Waals surface area contributed by atoms with Crippen LogP contribution >= 0.6 is 0 Å². The highest BCUT2D eigenvalue weighted by Crippen LogP contribution is 2.31. The maximum Gasteiger partial charge on any atom is 0.164 e. The average molecular weight is 289 g/mol. The number of nitrogens with one attached hydrogen (secondary N) is 1. The van der Waals surface area contributed by atoms with Gasteiger partial charge in [-0.25, -0.2) is 0 Å². The number of ether oxygens (including phenoxy) is 2. The fourth-order valence-corrected chi connectivity index (χ4v) is 3.18. The van der Waals surface area contributed by atoms with E-state index in [-0.39, 0.29) is 5.78 Å². The first-order valence-corrected chi connectivity index (χ1v) is 7.92. The van der Waals surface area contributed by atoms with Crippen LogP contribution in [-0.4, -0.2) is 31.6 Å². The second kappa shape index (κ2) is 6.48. The normalized spacial score (nSPS) is 24.6. The molecule has 2 unspecified atom stereocenters. The van der Waals surface area contributed by atoms with Crippen molar-refractivity contribution in [2.45, 2.75) is 38.6 Å². The van der Waals surface area contributed by atoms with E-state index in [9.17, 15) is 4.79 Å². The molecule has 114 valence electrons. The summed E-state index contributed by atoms with van der Waals surface area (Å²) in [7, 11) is 0. The molecule has 0 aliphatic carbocycles. The number of piperidine rings is 1. The van der Waals surface area contributed by atoms with Crippen molar-refractivity contribution < 1.29 is 14.3 Å². The zero-order valence-electron chi connectivity index (χ0n) is 12.6. The van der Waals surface area contributed by atoms with Gasteiger partial charge >= 0.3 is 0 Å². The fourth-order valence-electron chi connectivity index (χ4n) is 3.18. The molecule has 0 radical (unpaired) electrons. The lowest BCUT2D eigenvalue weighted by Crippen LogP contribution is -2.39. The SMILES string of the molecule is CCC1CCNC(CC(=O)c2ccc3c(c2)OCCO3)C1. The zero-order valence-corrected chi connectivity index (χ0v) is 12.6. The van der Waals surface area contributed by atoms with Crippen LogP contribution in [0.25, 0.3) is 0 Å². The number of benzene rings is 1. The van der Waals surface area contributed by atoms with E-state index in [1.165, 1.54) is 12.8 Å². The Morgan fingerprint density at radius 1 is 1.29 bits per heavy atom. The fraction of sp³-hybridized carbons (Fsp3) is 0.588. The standard InChI is InChI=1S/C17H23NO3/c1-2-12-5-6-18-14(9-12)11-15(19)13-3-4-16-17(10-13)21-8-7-20-16/h3-4,10,12,14,18H,2,5-9,11H2,1H3. The molecule has 2 aliphatic rings. The van der Waals surface area contributed by atoms with E-state index < -0.39 is 0 Å². The summed E-state index contributed by atoms with van der Waals surface area (Å²) < 4.78 is 11.0. The summed E-state index contributed by atoms with van der Waals surface area (Å²) >= 11 is 0. The molecule has 0 bridgehead atoms. The number of carbonyl (C=O) groups is 1. The van der Waals surface area contributed by atoms with Crippen LogP contribution in [0.15, 0.2) is 18.2 Å². The van der Waals surface area contributed by atoms with Crippen molar-refractivity contribution in [1.82, 2.24) is 5.32 Å². The summed E-state index contributed by atoms with van der Waals surface area (Å²) in [6.45, 7) is 4.38. The van der Waals surface area contributed by atoms with Crippen molar-refractivity contribution in [2.75, 3.05) is 19.8 Å². The maximum absolute atomic E-state index is 12.5. The second-order valence-electron chi connectivity index (χ2n) is 5.94. The Labute approximate surface area is 125 Å². The van der Waals surface area contributed by atoms with E-state index in [4.69, 9.17) is 9.47 Å². The summed E-state index contributed by atoms with van der Waals surface area (Å²) in [5, 5.41) is 3.47. The number of rotatable bonds is 4. The van der Waals surface area contributed by atoms with Gasteiger partial charge in [-0.3, -0.25) is 4.79 Å². The Morgan fingerprint density at radius 2 is 2.10 bits per heavy atom. The molecule has 21 heavy (non-hydrogen) atoms. The number of Topliss-reactive ketones (excluding diaryl/α,β-unsaturated/α-hetero) is 1. The molecule has 1 N–H and O–H groups in total. The molecular formula is C17H23NO3. The van der Waals surface area contributed by atoms with Gasteiger partial charge in [-0.1, -0.05) is 13.3 Å². The van der Waals surface area contributed by atoms with Crippen LogP contribution in [0.1, 0.15) is 43.0 Å². The van der Waals surface area contributed by atoms with E-state index in [0.29, 0.717) is 31.4 Å². The Morgan fingerprint density at radius 3 is 2.90 bits per heavy atom. The Bertz CT molecular complexity index is 515. The van der Waals surface area contributed by atoms with Gasteiger partial charge in [0.05, 0.1) is 0 Å². The summed E-state index contributed by atoms with van der Waals surface area (Å²) in [5.74, 6) is 2.36. The number of ketones is 1. The van der Waals surface area contributed by atoms with Gasteiger partial charge in [-0.05, 0) is 43.5 Å². The minimum absolute atomic E-state index is 0.182. The third kappa shape index (κ3) is 3.38. The van der Waals surface area contributed by atoms with E-state index in [0.717, 1.165) is 30.2 Å². The molecule has 0 aromatic heterocycles. The second-order valence-corrected chi connectivity index (χ2v) is 5.94. The third-order valence-electron chi connectivity index (χ3n) is 4.48. The summed E-state index contributed by atoms with van der Waals surface area (Å²) in [5.41, 5.74) is 0.722. The molecule has 0 saturated carbocycles. The first kappa shape index (κ1) is 14.4. The first-order valence-electron chi connectivity index (χ1n) is 7.92. The molecule has 4 nitrogen and oxygen atoms in total. The van der Waals surface area contributed by atoms with Gasteiger partial charge in [0, 0.05) is 18.0 Å². The highest BCUT2D eigenvalue weighted by Gasteiger charge is 2.23. The van der Waals surface area contributed by atoms with Gasteiger partial charge in [-0.15, -0.1) is 0 Å². The van der Waals surface area contributed by atoms with Crippen molar-refractivity contribution in [2.24, 2.45) is 5.92 Å². The third-order valence-corrected chi connectivity index (χ3v) is 4.48. The molecule has 1 saturated heterocycles. The van der Waals surface area contributed by atoms with Crippen molar-refractivity contribution in [3.63, 3.8) is 0 Å². The largest absolute Gasteiger partial charge is 0.486 e. The predicted octanol–water partition coefficient (Wildman–Crippen LogP) is 2.81. The monoisotopic (exact) mass is 289 g/mol. The number of carbonyl (C=O) groups excluding carboxylic acids is 1. The van der Waals surface area contributed by atoms with Gasteiger partial charge in [0.25, 0.3) is 0 Å². The van der Waals surface area contributed by atoms with Crippen LogP contribution in [-0.2, 0) is 0 Å². The molecule has 1 aromatic rings. The van der Waals surface area contributed by atoms with Gasteiger partial charge in [0.2, 0.25) is 0 Å². The first-order chi connectivity index (χ1) is 10.3. The topological polar surface area (TPSA) is 47.6 Å². The summed E-state index contributed by atoms with van der Waals surface area (Å²) in [4.78, 5) is 12.5. The Balaban J connectivity index is 1.65. The molecule has 0 spiro atoms. The van der Waals surface area contributed by atoms with Crippen LogP contribution in [0.4, 0.5) is 0 Å². The molecule has 2 atom stereocenters. The van der Waals surface area contributed by atoms with Crippen molar-refractivity contribution in [3.05, 3.63) is 23.8 Å². The molecule has 3 rings (SSSR count). The van der Waals surface area contributed by atoms with Crippen molar-refractivity contribution in [3.8, 4) is 11.5 Å². The zero-order chi connectivity index (χ0) is 14.7. The predicted molar refractivity (Wildman–Crippen MR) is 81.2 cm³/mol. The van der Waals surface area contributed by atoms with Crippen LogP contribution in [0.2, 0.25) is 0 Å². The summed E-state index contributed by atoms with van der Waals surface area (Å²) in [6.07, 6.45) is 4.10. The lowest BCUT2D eigenvalue weighted by Gasteiger charge is -2.29. The van der Waals surface area contributed by atoms with Gasteiger partial charge < -0.3 is 14.8 Å².